The van der Waals surface area contributed by atoms with E-state index in [9.17, 15) is 31.1 Å². The molecule has 0 aliphatic rings. The molecule has 0 spiro atoms. The monoisotopic (exact) mass is 565 g/mol. The summed E-state index contributed by atoms with van der Waals surface area (Å²) in [5.74, 6) is -0.0912. The molecule has 0 fully saturated rings. The Hall–Kier alpha value is -3.49. The molecule has 0 N–H and O–H groups in total. The van der Waals surface area contributed by atoms with Gasteiger partial charge in [-0.1, -0.05) is 38.1 Å². The van der Waals surface area contributed by atoms with Gasteiger partial charge in [-0.3, -0.25) is 4.79 Å². The average Bonchev–Trinajstić information content (AvgIpc) is 2.87. The smallest absolute Gasteiger partial charge is 0.416 e. The third-order valence-corrected chi connectivity index (χ3v) is 6.66. The van der Waals surface area contributed by atoms with E-state index in [1.807, 2.05) is 17.0 Å². The summed E-state index contributed by atoms with van der Waals surface area (Å²) in [6.07, 6.45) is -8.15. The van der Waals surface area contributed by atoms with Crippen molar-refractivity contribution >= 4 is 11.7 Å². The van der Waals surface area contributed by atoms with Crippen LogP contribution in [0.3, 0.4) is 0 Å². The zero-order valence-electron chi connectivity index (χ0n) is 22.9. The minimum absolute atomic E-state index is 0.0283. The Bertz CT molecular complexity index is 1280. The SMILES string of the molecule is CCOC(=O)Cc1cc(N(CCC(C)C)Cc2ccc(C(F)(F)F)cc2)cc(-c2ccc(C(F)(F)F)cc2)c1C. The number of hydrogen-bond donors (Lipinski definition) is 0. The van der Waals surface area contributed by atoms with Crippen LogP contribution < -0.4 is 4.90 Å². The predicted molar refractivity (Wildman–Crippen MR) is 144 cm³/mol. The number of hydrogen-bond acceptors (Lipinski definition) is 3. The third-order valence-electron chi connectivity index (χ3n) is 6.66. The van der Waals surface area contributed by atoms with Gasteiger partial charge in [0.1, 0.15) is 0 Å². The molecule has 0 radical (unpaired) electrons. The van der Waals surface area contributed by atoms with Crippen molar-refractivity contribution in [2.75, 3.05) is 18.1 Å². The van der Waals surface area contributed by atoms with Crippen molar-refractivity contribution in [3.63, 3.8) is 0 Å². The summed E-state index contributed by atoms with van der Waals surface area (Å²) < 4.78 is 83.9. The number of rotatable bonds is 10. The highest BCUT2D eigenvalue weighted by atomic mass is 19.4. The Balaban J connectivity index is 2.09. The molecule has 0 bridgehead atoms. The van der Waals surface area contributed by atoms with Gasteiger partial charge in [0, 0.05) is 18.8 Å². The summed E-state index contributed by atoms with van der Waals surface area (Å²) >= 11 is 0. The molecule has 0 saturated carbocycles. The quantitative estimate of drug-likeness (QED) is 0.182. The van der Waals surface area contributed by atoms with E-state index >= 15 is 0 Å². The van der Waals surface area contributed by atoms with E-state index < -0.39 is 29.4 Å². The van der Waals surface area contributed by atoms with E-state index in [2.05, 4.69) is 13.8 Å². The van der Waals surface area contributed by atoms with Crippen LogP contribution in [-0.4, -0.2) is 19.1 Å². The molecule has 40 heavy (non-hydrogen) atoms. The van der Waals surface area contributed by atoms with E-state index in [0.29, 0.717) is 46.9 Å². The predicted octanol–water partition coefficient (Wildman–Crippen LogP) is 8.86. The van der Waals surface area contributed by atoms with E-state index in [4.69, 9.17) is 4.74 Å². The molecule has 0 amide bonds. The third kappa shape index (κ3) is 8.26. The van der Waals surface area contributed by atoms with Gasteiger partial charge in [0.15, 0.2) is 0 Å². The number of anilines is 1. The minimum atomic E-state index is -4.47. The number of alkyl halides is 6. The average molecular weight is 566 g/mol. The Kier molecular flexibility index (Phi) is 9.92. The molecule has 3 aromatic rings. The lowest BCUT2D eigenvalue weighted by Crippen LogP contribution is -2.25. The van der Waals surface area contributed by atoms with Gasteiger partial charge in [0.25, 0.3) is 0 Å². The van der Waals surface area contributed by atoms with Gasteiger partial charge >= 0.3 is 18.3 Å². The van der Waals surface area contributed by atoms with Crippen molar-refractivity contribution < 1.29 is 35.9 Å². The normalized spacial score (nSPS) is 12.1. The van der Waals surface area contributed by atoms with Crippen LogP contribution in [0.5, 0.6) is 0 Å². The first-order valence-electron chi connectivity index (χ1n) is 13.1. The van der Waals surface area contributed by atoms with Crippen LogP contribution in [0.15, 0.2) is 60.7 Å². The fourth-order valence-electron chi connectivity index (χ4n) is 4.36. The maximum Gasteiger partial charge on any atom is 0.416 e. The van der Waals surface area contributed by atoms with Crippen LogP contribution >= 0.6 is 0 Å². The summed E-state index contributed by atoms with van der Waals surface area (Å²) in [6, 6.07) is 13.5. The number of carbonyl (C=O) groups is 1. The maximum atomic E-state index is 13.2. The van der Waals surface area contributed by atoms with Gasteiger partial charge in [0.05, 0.1) is 24.2 Å². The van der Waals surface area contributed by atoms with E-state index in [0.717, 1.165) is 36.2 Å². The van der Waals surface area contributed by atoms with E-state index in [-0.39, 0.29) is 13.0 Å². The van der Waals surface area contributed by atoms with E-state index in [1.54, 1.807) is 13.8 Å². The van der Waals surface area contributed by atoms with Crippen LogP contribution in [0, 0.1) is 12.8 Å². The highest BCUT2D eigenvalue weighted by Gasteiger charge is 2.31. The van der Waals surface area contributed by atoms with Gasteiger partial charge in [-0.15, -0.1) is 0 Å². The van der Waals surface area contributed by atoms with Crippen LogP contribution in [0.25, 0.3) is 11.1 Å². The molecule has 0 aliphatic heterocycles. The Labute approximate surface area is 230 Å². The van der Waals surface area contributed by atoms with Crippen molar-refractivity contribution in [3.05, 3.63) is 88.5 Å². The second kappa shape index (κ2) is 12.8. The summed E-state index contributed by atoms with van der Waals surface area (Å²) in [4.78, 5) is 14.4. The zero-order chi connectivity index (χ0) is 29.7. The standard InChI is InChI=1S/C31H33F6NO2/c1-5-40-29(39)17-24-16-27(18-28(21(24)4)23-8-12-26(13-9-23)31(35,36)37)38(15-14-20(2)3)19-22-6-10-25(11-7-22)30(32,33)34/h6-13,16,18,20H,5,14-15,17,19H2,1-4H3. The molecular weight excluding hydrogens is 532 g/mol. The summed E-state index contributed by atoms with van der Waals surface area (Å²) in [7, 11) is 0. The number of esters is 1. The van der Waals surface area contributed by atoms with Crippen LogP contribution in [-0.2, 0) is 34.8 Å². The molecule has 3 rings (SSSR count). The van der Waals surface area contributed by atoms with Gasteiger partial charge in [-0.05, 0) is 90.4 Å². The van der Waals surface area contributed by atoms with Gasteiger partial charge < -0.3 is 9.64 Å². The second-order valence-corrected chi connectivity index (χ2v) is 10.1. The molecular formula is C31H33F6NO2. The Morgan fingerprint density at radius 3 is 1.93 bits per heavy atom. The fourth-order valence-corrected chi connectivity index (χ4v) is 4.36. The lowest BCUT2D eigenvalue weighted by molar-refractivity contribution is -0.142. The number of benzene rings is 3. The lowest BCUT2D eigenvalue weighted by Gasteiger charge is -2.28. The molecule has 3 aromatic carbocycles. The van der Waals surface area contributed by atoms with Gasteiger partial charge in [-0.2, -0.15) is 26.3 Å². The summed E-state index contributed by atoms with van der Waals surface area (Å²) in [6.45, 7) is 8.72. The molecule has 0 atom stereocenters. The maximum absolute atomic E-state index is 13.2. The molecule has 0 aliphatic carbocycles. The molecule has 9 heteroatoms. The molecule has 0 heterocycles. The number of nitrogens with zero attached hydrogens (tertiary/aromatic N) is 1. The van der Waals surface area contributed by atoms with Gasteiger partial charge in [0.2, 0.25) is 0 Å². The molecule has 0 aromatic heterocycles. The minimum Gasteiger partial charge on any atom is -0.466 e. The van der Waals surface area contributed by atoms with Crippen molar-refractivity contribution in [3.8, 4) is 11.1 Å². The summed E-state index contributed by atoms with van der Waals surface area (Å²) in [5.41, 5.74) is 2.48. The molecule has 3 nitrogen and oxygen atoms in total. The number of halogens is 6. The van der Waals surface area contributed by atoms with Gasteiger partial charge in [-0.25, -0.2) is 0 Å². The van der Waals surface area contributed by atoms with Crippen LogP contribution in [0.2, 0.25) is 0 Å². The Morgan fingerprint density at radius 2 is 1.43 bits per heavy atom. The highest BCUT2D eigenvalue weighted by Crippen LogP contribution is 2.36. The zero-order valence-corrected chi connectivity index (χ0v) is 22.9. The van der Waals surface area contributed by atoms with Crippen LogP contribution in [0.4, 0.5) is 32.0 Å². The lowest BCUT2D eigenvalue weighted by atomic mass is 9.93. The van der Waals surface area contributed by atoms with Crippen LogP contribution in [0.1, 0.15) is 55.0 Å². The molecule has 216 valence electrons. The van der Waals surface area contributed by atoms with E-state index in [1.165, 1.54) is 24.3 Å². The van der Waals surface area contributed by atoms with Crippen molar-refractivity contribution in [2.45, 2.75) is 59.4 Å². The first-order chi connectivity index (χ1) is 18.7. The number of ether oxygens (including phenoxy) is 1. The first-order valence-corrected chi connectivity index (χ1v) is 13.1. The largest absolute Gasteiger partial charge is 0.466 e. The topological polar surface area (TPSA) is 29.5 Å². The van der Waals surface area contributed by atoms with Crippen molar-refractivity contribution in [1.29, 1.82) is 0 Å². The fraction of sp³-hybridized carbons (Fsp3) is 0.387. The number of carbonyl (C=O) groups excluding carboxylic acids is 1. The summed E-state index contributed by atoms with van der Waals surface area (Å²) in [5, 5.41) is 0. The first kappa shape index (κ1) is 31.0. The second-order valence-electron chi connectivity index (χ2n) is 10.1. The molecule has 0 saturated heterocycles. The Morgan fingerprint density at radius 1 is 0.875 bits per heavy atom. The van der Waals surface area contributed by atoms with Crippen molar-refractivity contribution in [1.82, 2.24) is 0 Å². The highest BCUT2D eigenvalue weighted by molar-refractivity contribution is 5.79. The molecule has 0 unspecified atom stereocenters. The van der Waals surface area contributed by atoms with Crippen molar-refractivity contribution in [2.24, 2.45) is 5.92 Å².